The van der Waals surface area contributed by atoms with Gasteiger partial charge in [0.1, 0.15) is 16.4 Å². The molecule has 4 rings (SSSR count). The van der Waals surface area contributed by atoms with Gasteiger partial charge in [0.05, 0.1) is 30.0 Å². The van der Waals surface area contributed by atoms with Gasteiger partial charge in [-0.1, -0.05) is 46.9 Å². The van der Waals surface area contributed by atoms with Crippen LogP contribution in [0, 0.1) is 0 Å². The number of carbonyl (C=O) groups excluding carboxylic acids is 1. The first-order valence-electron chi connectivity index (χ1n) is 12.4. The highest BCUT2D eigenvalue weighted by Crippen LogP contribution is 2.33. The number of halogens is 1. The van der Waals surface area contributed by atoms with Crippen molar-refractivity contribution in [1.82, 2.24) is 9.97 Å². The number of hydrogen-bond acceptors (Lipinski definition) is 7. The van der Waals surface area contributed by atoms with E-state index in [-0.39, 0.29) is 0 Å². The Hall–Kier alpha value is -2.76. The predicted molar refractivity (Wildman–Crippen MR) is 166 cm³/mol. The maximum atomic E-state index is 12.9. The van der Waals surface area contributed by atoms with Crippen molar-refractivity contribution in [2.45, 2.75) is 26.4 Å². The van der Waals surface area contributed by atoms with Gasteiger partial charge in [-0.15, -0.1) is 11.3 Å². The second-order valence-electron chi connectivity index (χ2n) is 9.98. The summed E-state index contributed by atoms with van der Waals surface area (Å²) in [5.74, 6) is 0.532. The van der Waals surface area contributed by atoms with E-state index in [2.05, 4.69) is 74.9 Å². The topological polar surface area (TPSA) is 67.8 Å². The van der Waals surface area contributed by atoms with Gasteiger partial charge in [0.15, 0.2) is 0 Å². The molecular weight excluding hydrogens is 611 g/mol. The monoisotopic (exact) mass is 644 g/mol. The third-order valence-electron chi connectivity index (χ3n) is 5.67. The number of hydrogen-bond donors (Lipinski definition) is 0. The summed E-state index contributed by atoms with van der Waals surface area (Å²) in [7, 11) is 4.08. The van der Waals surface area contributed by atoms with E-state index >= 15 is 0 Å². The zero-order valence-corrected chi connectivity index (χ0v) is 25.4. The molecule has 0 radical (unpaired) electrons. The standard InChI is InChI=1S/C29H33IN4O3S/c1-29(2,3)37-28(35)34(15-17-36-16-14-30)26-13-10-22(19-31-26)20-6-8-21(9-7-20)27-32-24-12-11-23(33(4)5)18-25(24)38-27/h6-13,18-19H,14-17H2,1-5H3. The highest BCUT2D eigenvalue weighted by molar-refractivity contribution is 14.1. The van der Waals surface area contributed by atoms with E-state index in [0.29, 0.717) is 25.6 Å². The Morgan fingerprint density at radius 2 is 1.68 bits per heavy atom. The number of amides is 1. The normalized spacial score (nSPS) is 11.5. The lowest BCUT2D eigenvalue weighted by Gasteiger charge is -2.26. The molecule has 2 aromatic carbocycles. The number of fused-ring (bicyclic) bond motifs is 1. The maximum absolute atomic E-state index is 12.9. The number of aromatic nitrogens is 2. The Morgan fingerprint density at radius 3 is 2.32 bits per heavy atom. The van der Waals surface area contributed by atoms with Crippen LogP contribution in [0.25, 0.3) is 31.9 Å². The minimum atomic E-state index is -0.599. The maximum Gasteiger partial charge on any atom is 0.416 e. The van der Waals surface area contributed by atoms with Gasteiger partial charge in [0.2, 0.25) is 0 Å². The summed E-state index contributed by atoms with van der Waals surface area (Å²) in [6.07, 6.45) is 1.35. The van der Waals surface area contributed by atoms with Gasteiger partial charge < -0.3 is 14.4 Å². The first kappa shape index (κ1) is 28.3. The second kappa shape index (κ2) is 12.4. The highest BCUT2D eigenvalue weighted by Gasteiger charge is 2.24. The van der Waals surface area contributed by atoms with Gasteiger partial charge in [0, 0.05) is 41.5 Å². The van der Waals surface area contributed by atoms with Crippen LogP contribution in [0.15, 0.2) is 60.8 Å². The number of nitrogens with zero attached hydrogens (tertiary/aromatic N) is 4. The van der Waals surface area contributed by atoms with E-state index in [4.69, 9.17) is 14.5 Å². The lowest BCUT2D eigenvalue weighted by atomic mass is 10.1. The number of rotatable bonds is 9. The number of thiazole rings is 1. The Balaban J connectivity index is 1.51. The third-order valence-corrected chi connectivity index (χ3v) is 7.18. The van der Waals surface area contributed by atoms with Gasteiger partial charge in [0.25, 0.3) is 0 Å². The fraction of sp³-hybridized carbons (Fsp3) is 0.345. The fourth-order valence-corrected chi connectivity index (χ4v) is 5.08. The second-order valence-corrected chi connectivity index (χ2v) is 12.1. The van der Waals surface area contributed by atoms with Crippen LogP contribution < -0.4 is 9.80 Å². The lowest BCUT2D eigenvalue weighted by molar-refractivity contribution is 0.0562. The largest absolute Gasteiger partial charge is 0.443 e. The molecule has 0 aliphatic rings. The quantitative estimate of drug-likeness (QED) is 0.108. The van der Waals surface area contributed by atoms with Crippen LogP contribution in [0.3, 0.4) is 0 Å². The number of pyridine rings is 1. The molecule has 0 spiro atoms. The first-order valence-corrected chi connectivity index (χ1v) is 14.8. The summed E-state index contributed by atoms with van der Waals surface area (Å²) >= 11 is 3.96. The molecule has 0 fully saturated rings. The van der Waals surface area contributed by atoms with Crippen molar-refractivity contribution in [1.29, 1.82) is 0 Å². The fourth-order valence-electron chi connectivity index (χ4n) is 3.77. The summed E-state index contributed by atoms with van der Waals surface area (Å²) in [5.41, 5.74) is 4.65. The number of benzene rings is 2. The summed E-state index contributed by atoms with van der Waals surface area (Å²) in [6, 6.07) is 18.5. The van der Waals surface area contributed by atoms with Crippen molar-refractivity contribution in [3.05, 3.63) is 60.8 Å². The number of alkyl halides is 1. The predicted octanol–water partition coefficient (Wildman–Crippen LogP) is 7.28. The van der Waals surface area contributed by atoms with Crippen LogP contribution in [0.2, 0.25) is 0 Å². The van der Waals surface area contributed by atoms with Gasteiger partial charge in [-0.2, -0.15) is 0 Å². The van der Waals surface area contributed by atoms with E-state index in [1.54, 1.807) is 17.5 Å². The van der Waals surface area contributed by atoms with E-state index in [0.717, 1.165) is 37.3 Å². The highest BCUT2D eigenvalue weighted by atomic mass is 127. The van der Waals surface area contributed by atoms with Crippen molar-refractivity contribution in [3.8, 4) is 21.7 Å². The van der Waals surface area contributed by atoms with Crippen LogP contribution >= 0.6 is 33.9 Å². The van der Waals surface area contributed by atoms with E-state index in [1.165, 1.54) is 9.60 Å². The third kappa shape index (κ3) is 7.21. The van der Waals surface area contributed by atoms with Gasteiger partial charge in [-0.3, -0.25) is 4.90 Å². The van der Waals surface area contributed by atoms with E-state index in [1.807, 2.05) is 47.0 Å². The molecule has 7 nitrogen and oxygen atoms in total. The molecule has 2 aromatic heterocycles. The zero-order chi connectivity index (χ0) is 27.3. The average Bonchev–Trinajstić information content (AvgIpc) is 3.31. The molecule has 1 amide bonds. The molecule has 0 saturated heterocycles. The van der Waals surface area contributed by atoms with Crippen LogP contribution in [-0.2, 0) is 9.47 Å². The van der Waals surface area contributed by atoms with Gasteiger partial charge >= 0.3 is 6.09 Å². The van der Waals surface area contributed by atoms with Crippen LogP contribution in [0.4, 0.5) is 16.3 Å². The smallest absolute Gasteiger partial charge is 0.416 e. The minimum Gasteiger partial charge on any atom is -0.443 e. The van der Waals surface area contributed by atoms with Crippen molar-refractivity contribution in [2.75, 3.05) is 48.1 Å². The number of anilines is 2. The number of ether oxygens (including phenoxy) is 2. The summed E-state index contributed by atoms with van der Waals surface area (Å²) in [4.78, 5) is 25.9. The molecular formula is C29H33IN4O3S. The molecule has 0 aliphatic heterocycles. The molecule has 4 aromatic rings. The van der Waals surface area contributed by atoms with E-state index in [9.17, 15) is 4.79 Å². The summed E-state index contributed by atoms with van der Waals surface area (Å²) in [6.45, 7) is 6.97. The molecule has 0 unspecified atom stereocenters. The van der Waals surface area contributed by atoms with Crippen LogP contribution in [-0.4, -0.2) is 59.9 Å². The number of carbonyl (C=O) groups is 1. The van der Waals surface area contributed by atoms with E-state index < -0.39 is 11.7 Å². The van der Waals surface area contributed by atoms with Gasteiger partial charge in [-0.05, 0) is 56.7 Å². The van der Waals surface area contributed by atoms with Crippen molar-refractivity contribution >= 4 is 61.7 Å². The molecule has 38 heavy (non-hydrogen) atoms. The van der Waals surface area contributed by atoms with Crippen molar-refractivity contribution < 1.29 is 14.3 Å². The molecule has 200 valence electrons. The minimum absolute atomic E-state index is 0.366. The Labute approximate surface area is 241 Å². The molecule has 0 bridgehead atoms. The summed E-state index contributed by atoms with van der Waals surface area (Å²) in [5, 5.41) is 0.994. The molecule has 2 heterocycles. The zero-order valence-electron chi connectivity index (χ0n) is 22.4. The van der Waals surface area contributed by atoms with Crippen molar-refractivity contribution in [3.63, 3.8) is 0 Å². The molecule has 9 heteroatoms. The Morgan fingerprint density at radius 1 is 0.974 bits per heavy atom. The first-order chi connectivity index (χ1) is 18.1. The lowest BCUT2D eigenvalue weighted by Crippen LogP contribution is -2.39. The summed E-state index contributed by atoms with van der Waals surface area (Å²) < 4.78 is 13.3. The SMILES string of the molecule is CN(C)c1ccc2nc(-c3ccc(-c4ccc(N(CCOCCI)C(=O)OC(C)(C)C)nc4)cc3)sc2c1. The Bertz CT molecular complexity index is 1370. The van der Waals surface area contributed by atoms with Crippen LogP contribution in [0.5, 0.6) is 0 Å². The molecule has 0 N–H and O–H groups in total. The average molecular weight is 645 g/mol. The molecule has 0 saturated carbocycles. The molecule has 0 atom stereocenters. The van der Waals surface area contributed by atoms with Gasteiger partial charge in [-0.25, -0.2) is 14.8 Å². The van der Waals surface area contributed by atoms with Crippen LogP contribution in [0.1, 0.15) is 20.8 Å². The Kier molecular flexibility index (Phi) is 9.22. The molecule has 0 aliphatic carbocycles. The van der Waals surface area contributed by atoms with Crippen molar-refractivity contribution in [2.24, 2.45) is 0 Å².